The number of carbonyl (C=O) groups excluding carboxylic acids is 15. The van der Waals surface area contributed by atoms with Crippen LogP contribution in [0.3, 0.4) is 0 Å². The van der Waals surface area contributed by atoms with Gasteiger partial charge in [-0.15, -0.1) is 0 Å². The predicted octanol–water partition coefficient (Wildman–Crippen LogP) is -3.46. The van der Waals surface area contributed by atoms with E-state index in [4.69, 9.17) is 73.0 Å². The van der Waals surface area contributed by atoms with Gasteiger partial charge in [0.05, 0.1) is 85.8 Å². The van der Waals surface area contributed by atoms with Gasteiger partial charge in [0.2, 0.25) is 88.6 Å². The highest BCUT2D eigenvalue weighted by Crippen LogP contribution is 2.27. The van der Waals surface area contributed by atoms with Crippen LogP contribution in [0.25, 0.3) is 0 Å². The van der Waals surface area contributed by atoms with Crippen LogP contribution in [0, 0.1) is 39.4 Å². The predicted molar refractivity (Wildman–Crippen MR) is 558 cm³/mol. The monoisotopic (exact) mass is 2150 g/mol. The van der Waals surface area contributed by atoms with Crippen molar-refractivity contribution in [2.75, 3.05) is 162 Å². The topological polar surface area (TPSA) is 771 Å². The Bertz CT molecular complexity index is 4390. The number of carboxylic acids is 1. The number of aliphatic carboxylic acids is 1. The Labute approximate surface area is 877 Å². The van der Waals surface area contributed by atoms with Gasteiger partial charge in [0, 0.05) is 83.6 Å². The van der Waals surface area contributed by atoms with E-state index in [0.29, 0.717) is 37.0 Å². The molecule has 836 valence electrons. The number of amides is 15. The second kappa shape index (κ2) is 72.7. The number of benzene rings is 1. The molecule has 0 unspecified atom stereocenters. The van der Waals surface area contributed by atoms with Gasteiger partial charge in [-0.1, -0.05) is 88.6 Å². The Hall–Kier alpha value is -11.6. The van der Waals surface area contributed by atoms with Gasteiger partial charge in [-0.3, -0.25) is 93.6 Å². The highest BCUT2D eigenvalue weighted by atomic mass is 33.1. The lowest BCUT2D eigenvalue weighted by atomic mass is 9.96. The zero-order valence-electron chi connectivity index (χ0n) is 86.7. The quantitative estimate of drug-likeness (QED) is 0.0130. The second-order valence-electron chi connectivity index (χ2n) is 36.9. The molecule has 0 aromatic heterocycles. The van der Waals surface area contributed by atoms with E-state index in [1.807, 2.05) is 20.1 Å². The fraction of sp³-hybridized carbons (Fsp3) is 0.723. The summed E-state index contributed by atoms with van der Waals surface area (Å²) < 4.78 is 33.9. The molecule has 3 fully saturated rings. The minimum absolute atomic E-state index is 0.00148. The summed E-state index contributed by atoms with van der Waals surface area (Å²) in [5.41, 5.74) is 22.7. The molecule has 14 atom stereocenters. The smallest absolute Gasteiger partial charge is 0.326 e. The molecule has 4 rings (SSSR count). The number of aromatic hydroxyl groups is 1. The fourth-order valence-corrected chi connectivity index (χ4v) is 18.6. The van der Waals surface area contributed by atoms with Gasteiger partial charge in [0.15, 0.2) is 23.8 Å². The molecule has 3 saturated heterocycles. The SMILES string of the molecule is CCC(=O)N[C@@H]1CSSC[C@@H](C(=O)NCCOCCOCCOCCOCCOCCOCCC(=O)N[C@@H](CCCNC(=N)N)C(=O)N[C@@H](CCCNC(=N)N)C(=O)N2CCC[C@H]2C(=O)N[C@@H](Cc2ccc(O)cc2)C(=O)N[C@H](C(=O)N[C@@H](CC(C)C)C(=O)O)[C@@H](C)CC)NC(=O)CN(C)C(=O)[C@H](CCCNC(=N)N)NC(=O)[C@H](CC(C)C)NC(=O)[C@H](CCCNC(=N)N)NC(=O)[C@@H]2CCCCN2C(=O)[C@H](CCSC)NC1=O. The van der Waals surface area contributed by atoms with E-state index >= 15 is 0 Å². The number of likely N-dealkylation sites (N-methyl/N-ethyl adjacent to an activating group) is 1. The molecule has 0 spiro atoms. The van der Waals surface area contributed by atoms with Crippen molar-refractivity contribution in [1.82, 2.24) is 99.8 Å². The normalized spacial score (nSPS) is 19.7. The Morgan fingerprint density at radius 1 is 0.514 bits per heavy atom. The van der Waals surface area contributed by atoms with Crippen LogP contribution in [-0.2, 0) is 112 Å². The third-order valence-electron chi connectivity index (χ3n) is 23.9. The number of ether oxygens (including phenoxy) is 6. The molecule has 1 aromatic rings. The fourth-order valence-electron chi connectivity index (χ4n) is 15.8. The minimum Gasteiger partial charge on any atom is -0.508 e. The van der Waals surface area contributed by atoms with Gasteiger partial charge in [0.25, 0.3) is 0 Å². The molecule has 1 aromatic carbocycles. The van der Waals surface area contributed by atoms with Crippen molar-refractivity contribution in [3.8, 4) is 5.75 Å². The summed E-state index contributed by atoms with van der Waals surface area (Å²) in [6, 6.07) is -10.3. The molecular formula is C94H163N27O24S3. The number of carbonyl (C=O) groups is 16. The van der Waals surface area contributed by atoms with Crippen LogP contribution < -0.4 is 108 Å². The van der Waals surface area contributed by atoms with Crippen molar-refractivity contribution >= 4 is 152 Å². The van der Waals surface area contributed by atoms with Crippen LogP contribution in [0.4, 0.5) is 0 Å². The first-order chi connectivity index (χ1) is 70.6. The van der Waals surface area contributed by atoms with Crippen molar-refractivity contribution < 1.29 is 115 Å². The van der Waals surface area contributed by atoms with Crippen LogP contribution in [0.15, 0.2) is 24.3 Å². The van der Waals surface area contributed by atoms with Crippen LogP contribution in [0.5, 0.6) is 5.75 Å². The lowest BCUT2D eigenvalue weighted by molar-refractivity contribution is -0.146. The van der Waals surface area contributed by atoms with Crippen molar-refractivity contribution in [1.29, 1.82) is 21.6 Å². The molecule has 148 heavy (non-hydrogen) atoms. The number of hydrogen-bond donors (Lipinski definition) is 26. The van der Waals surface area contributed by atoms with Gasteiger partial charge in [-0.2, -0.15) is 11.8 Å². The van der Waals surface area contributed by atoms with Crippen molar-refractivity contribution in [3.63, 3.8) is 0 Å². The number of thioether (sulfide) groups is 1. The molecule has 30 N–H and O–H groups in total. The Balaban J connectivity index is 1.31. The largest absolute Gasteiger partial charge is 0.508 e. The maximum atomic E-state index is 14.8. The van der Waals surface area contributed by atoms with Gasteiger partial charge in [-0.25, -0.2) is 4.79 Å². The third-order valence-corrected chi connectivity index (χ3v) is 26.9. The van der Waals surface area contributed by atoms with Gasteiger partial charge in [0.1, 0.15) is 84.3 Å². The summed E-state index contributed by atoms with van der Waals surface area (Å²) in [6.45, 7) is 14.1. The molecule has 3 aliphatic rings. The summed E-state index contributed by atoms with van der Waals surface area (Å²) in [5, 5.41) is 94.4. The third kappa shape index (κ3) is 52.1. The number of nitrogens with zero attached hydrogens (tertiary/aromatic N) is 3. The van der Waals surface area contributed by atoms with Gasteiger partial charge >= 0.3 is 5.97 Å². The minimum atomic E-state index is -1.37. The van der Waals surface area contributed by atoms with E-state index in [-0.39, 0.29) is 281 Å². The number of carboxylic acid groups (broad SMARTS) is 1. The standard InChI is InChI=1S/C94H163N27O24S3/c1-10-59(7)77(86(134)117-69(90(138)139)52-58(5)6)118-82(130)68(53-60-25-27-61(122)28-26-60)116-85(133)73-24-18-37-121(73)88(136)65(22-17-34-107-94(101)102)113-79(127)62(19-14-31-104-91(95)96)108-75(124)29-38-140-40-42-142-44-46-144-48-49-145-47-45-143-43-41-141-39-35-103-78(126)70-55-147-148-56-71(109-74(123)11-2)83(131)114-66(30-50-146-9)89(137)120-36-13-12-23-72(120)84(132)111-63(20-15-32-105-92(97)98)80(128)115-67(51-57(3)4)81(129)112-64(21-16-33-106-93(99)100)87(135)119(8)54-76(125)110-70/h25-28,57-59,62-73,77,122H,10-24,29-56H2,1-9H3,(H,103,126)(H,108,124)(H,109,123)(H,110,125)(H,111,132)(H,112,129)(H,113,127)(H,114,131)(H,115,128)(H,116,133)(H,117,134)(H,118,130)(H,138,139)(H4,95,96,104)(H4,97,98,105)(H4,99,100,106)(H4,101,102,107)/t59-,62-,63-,64-,65-,66-,67-,68-,69-,70-,71+,72-,73-,77-/m0/s1. The maximum Gasteiger partial charge on any atom is 0.326 e. The molecule has 54 heteroatoms. The van der Waals surface area contributed by atoms with Crippen LogP contribution in [0.1, 0.15) is 176 Å². The summed E-state index contributed by atoms with van der Waals surface area (Å²) in [6.07, 6.45) is 4.65. The lowest BCUT2D eigenvalue weighted by Gasteiger charge is -2.38. The average Bonchev–Trinajstić information content (AvgIpc) is 1.26. The van der Waals surface area contributed by atoms with Crippen molar-refractivity contribution in [2.24, 2.45) is 40.7 Å². The maximum absolute atomic E-state index is 14.8. The number of phenolic OH excluding ortho intramolecular Hbond substituents is 1. The number of rotatable bonds is 62. The molecule has 0 aliphatic carbocycles. The highest BCUT2D eigenvalue weighted by Gasteiger charge is 2.44. The zero-order chi connectivity index (χ0) is 110. The number of hydrogen-bond acceptors (Lipinski definition) is 30. The number of fused-ring (bicyclic) bond motifs is 1. The number of piperidine rings is 1. The molecule has 3 aliphatic heterocycles. The molecule has 0 radical (unpaired) electrons. The first-order valence-electron chi connectivity index (χ1n) is 50.5. The van der Waals surface area contributed by atoms with Gasteiger partial charge < -0.3 is 161 Å². The average molecular weight is 2150 g/mol. The molecule has 15 amide bonds. The molecule has 3 heterocycles. The first kappa shape index (κ1) is 129. The van der Waals surface area contributed by atoms with Crippen LogP contribution >= 0.6 is 33.3 Å². The lowest BCUT2D eigenvalue weighted by Crippen LogP contribution is -2.61. The van der Waals surface area contributed by atoms with E-state index < -0.39 is 186 Å². The van der Waals surface area contributed by atoms with Crippen LogP contribution in [0.2, 0.25) is 0 Å². The van der Waals surface area contributed by atoms with Crippen molar-refractivity contribution in [2.45, 2.75) is 255 Å². The Morgan fingerprint density at radius 3 is 1.58 bits per heavy atom. The zero-order valence-corrected chi connectivity index (χ0v) is 89.2. The van der Waals surface area contributed by atoms with E-state index in [2.05, 4.69) is 85.1 Å². The van der Waals surface area contributed by atoms with Gasteiger partial charge in [-0.05, 0) is 150 Å². The summed E-state index contributed by atoms with van der Waals surface area (Å²) in [5.74, 6) is -13.7. The van der Waals surface area contributed by atoms with E-state index in [9.17, 15) is 86.9 Å². The molecule has 0 saturated carbocycles. The van der Waals surface area contributed by atoms with Crippen molar-refractivity contribution in [3.05, 3.63) is 29.8 Å². The number of phenols is 1. The summed E-state index contributed by atoms with van der Waals surface area (Å²) in [4.78, 5) is 230. The molecule has 51 nitrogen and oxygen atoms in total. The van der Waals surface area contributed by atoms with E-state index in [1.54, 1.807) is 46.8 Å². The summed E-state index contributed by atoms with van der Waals surface area (Å²) in [7, 11) is 3.50. The Kier molecular flexibility index (Phi) is 63.3. The van der Waals surface area contributed by atoms with E-state index in [0.717, 1.165) is 26.5 Å². The number of guanidine groups is 4. The first-order valence-corrected chi connectivity index (χ1v) is 54.4. The van der Waals surface area contributed by atoms with Crippen LogP contribution in [-0.4, -0.2) is 384 Å². The summed E-state index contributed by atoms with van der Waals surface area (Å²) >= 11 is 1.42. The number of nitrogens with two attached hydrogens (primary N) is 4. The highest BCUT2D eigenvalue weighted by molar-refractivity contribution is 8.76. The number of likely N-dealkylation sites (tertiary alicyclic amines) is 1. The molecule has 0 bridgehead atoms. The second-order valence-corrected chi connectivity index (χ2v) is 40.4. The number of nitrogens with one attached hydrogen (secondary N) is 20. The molecular weight excluding hydrogens is 1990 g/mol. The Morgan fingerprint density at radius 2 is 1.03 bits per heavy atom. The van der Waals surface area contributed by atoms with E-state index in [1.165, 1.54) is 40.7 Å².